The third-order valence-corrected chi connectivity index (χ3v) is 6.20. The van der Waals surface area contributed by atoms with Gasteiger partial charge in [0.25, 0.3) is 0 Å². The molecule has 0 spiro atoms. The van der Waals surface area contributed by atoms with Gasteiger partial charge >= 0.3 is 0 Å². The van der Waals surface area contributed by atoms with Crippen LogP contribution in [0.15, 0.2) is 40.7 Å². The Morgan fingerprint density at radius 2 is 2.09 bits per heavy atom. The Bertz CT molecular complexity index is 791. The van der Waals surface area contributed by atoms with Crippen LogP contribution in [-0.2, 0) is 14.8 Å². The number of aromatic nitrogens is 1. The number of halogens is 1. The number of carbonyl (C=O) groups is 1. The summed E-state index contributed by atoms with van der Waals surface area (Å²) in [5, 5.41) is 4.78. The Morgan fingerprint density at radius 3 is 2.74 bits per heavy atom. The summed E-state index contributed by atoms with van der Waals surface area (Å²) in [6, 6.07) is 3.81. The molecule has 1 fully saturated rings. The van der Waals surface area contributed by atoms with Gasteiger partial charge in [-0.1, -0.05) is 0 Å². The molecular formula is C14H14FN3O3S2. The maximum absolute atomic E-state index is 13.0. The Morgan fingerprint density at radius 1 is 1.35 bits per heavy atom. The minimum Gasteiger partial charge on any atom is -0.301 e. The highest BCUT2D eigenvalue weighted by Gasteiger charge is 2.39. The summed E-state index contributed by atoms with van der Waals surface area (Å²) in [4.78, 5) is 16.3. The topological polar surface area (TPSA) is 79.4 Å². The number of carbonyl (C=O) groups excluding carboxylic acids is 1. The number of amides is 1. The molecule has 1 aromatic heterocycles. The molecule has 1 aliphatic heterocycles. The van der Waals surface area contributed by atoms with Crippen molar-refractivity contribution in [3.05, 3.63) is 41.7 Å². The molecule has 0 aliphatic carbocycles. The number of sulfonamides is 1. The largest absolute Gasteiger partial charge is 0.301 e. The van der Waals surface area contributed by atoms with Gasteiger partial charge in [0, 0.05) is 18.1 Å². The van der Waals surface area contributed by atoms with Crippen LogP contribution in [0.4, 0.5) is 9.52 Å². The number of hydrogen-bond donors (Lipinski definition) is 1. The van der Waals surface area contributed by atoms with E-state index in [9.17, 15) is 17.6 Å². The lowest BCUT2D eigenvalue weighted by Crippen LogP contribution is -2.43. The summed E-state index contributed by atoms with van der Waals surface area (Å²) in [7, 11) is -3.84. The first-order valence-corrected chi connectivity index (χ1v) is 9.28. The fourth-order valence-corrected chi connectivity index (χ4v) is 4.69. The Hall–Kier alpha value is -1.84. The van der Waals surface area contributed by atoms with Crippen LogP contribution in [0.25, 0.3) is 0 Å². The van der Waals surface area contributed by atoms with Crippen molar-refractivity contribution in [1.29, 1.82) is 0 Å². The molecule has 1 saturated heterocycles. The van der Waals surface area contributed by atoms with Crippen LogP contribution >= 0.6 is 11.3 Å². The predicted molar refractivity (Wildman–Crippen MR) is 84.1 cm³/mol. The summed E-state index contributed by atoms with van der Waals surface area (Å²) in [5.41, 5.74) is 0. The Labute approximate surface area is 137 Å². The quantitative estimate of drug-likeness (QED) is 0.911. The highest BCUT2D eigenvalue weighted by atomic mass is 32.2. The maximum atomic E-state index is 13.0. The van der Waals surface area contributed by atoms with Crippen LogP contribution in [0, 0.1) is 5.82 Å². The van der Waals surface area contributed by atoms with Crippen LogP contribution < -0.4 is 5.32 Å². The zero-order chi connectivity index (χ0) is 16.4. The molecule has 1 atom stereocenters. The number of thiazole rings is 1. The summed E-state index contributed by atoms with van der Waals surface area (Å²) >= 11 is 1.26. The SMILES string of the molecule is O=C(Nc1nccs1)[C@H]1CCCN1S(=O)(=O)c1ccc(F)cc1. The monoisotopic (exact) mass is 355 g/mol. The Balaban J connectivity index is 1.83. The molecule has 2 heterocycles. The van der Waals surface area contributed by atoms with Gasteiger partial charge in [-0.15, -0.1) is 11.3 Å². The van der Waals surface area contributed by atoms with E-state index in [2.05, 4.69) is 10.3 Å². The van der Waals surface area contributed by atoms with Gasteiger partial charge in [0.15, 0.2) is 5.13 Å². The van der Waals surface area contributed by atoms with Crippen molar-refractivity contribution in [1.82, 2.24) is 9.29 Å². The van der Waals surface area contributed by atoms with Gasteiger partial charge in [0.1, 0.15) is 11.9 Å². The predicted octanol–water partition coefficient (Wildman–Crippen LogP) is 2.07. The number of benzene rings is 1. The molecule has 1 aliphatic rings. The zero-order valence-electron chi connectivity index (χ0n) is 12.0. The van der Waals surface area contributed by atoms with Gasteiger partial charge < -0.3 is 5.32 Å². The Kier molecular flexibility index (Phi) is 4.42. The van der Waals surface area contributed by atoms with Crippen molar-refractivity contribution in [3.63, 3.8) is 0 Å². The molecule has 0 bridgehead atoms. The van der Waals surface area contributed by atoms with Gasteiger partial charge in [-0.05, 0) is 37.1 Å². The lowest BCUT2D eigenvalue weighted by molar-refractivity contribution is -0.119. The maximum Gasteiger partial charge on any atom is 0.244 e. The molecule has 9 heteroatoms. The minimum absolute atomic E-state index is 0.0205. The normalized spacial score (nSPS) is 18.9. The highest BCUT2D eigenvalue weighted by molar-refractivity contribution is 7.89. The average Bonchev–Trinajstić information content (AvgIpc) is 3.19. The van der Waals surface area contributed by atoms with Crippen LogP contribution in [0.5, 0.6) is 0 Å². The summed E-state index contributed by atoms with van der Waals surface area (Å²) < 4.78 is 39.5. The first kappa shape index (κ1) is 16.0. The van der Waals surface area contributed by atoms with Crippen molar-refractivity contribution in [3.8, 4) is 0 Å². The van der Waals surface area contributed by atoms with Gasteiger partial charge in [-0.25, -0.2) is 17.8 Å². The summed E-state index contributed by atoms with van der Waals surface area (Å²) in [6.07, 6.45) is 2.59. The van der Waals surface area contributed by atoms with E-state index in [4.69, 9.17) is 0 Å². The second kappa shape index (κ2) is 6.34. The van der Waals surface area contributed by atoms with E-state index in [0.29, 0.717) is 18.0 Å². The van der Waals surface area contributed by atoms with Gasteiger partial charge in [0.2, 0.25) is 15.9 Å². The van der Waals surface area contributed by atoms with E-state index < -0.39 is 27.8 Å². The minimum atomic E-state index is -3.84. The molecular weight excluding hydrogens is 341 g/mol. The lowest BCUT2D eigenvalue weighted by atomic mass is 10.2. The smallest absolute Gasteiger partial charge is 0.244 e. The molecule has 0 saturated carbocycles. The molecule has 0 unspecified atom stereocenters. The number of anilines is 1. The first-order chi connectivity index (χ1) is 11.0. The molecule has 6 nitrogen and oxygen atoms in total. The van der Waals surface area contributed by atoms with E-state index in [1.54, 1.807) is 11.6 Å². The van der Waals surface area contributed by atoms with Crippen molar-refractivity contribution < 1.29 is 17.6 Å². The molecule has 122 valence electrons. The van der Waals surface area contributed by atoms with Crippen LogP contribution in [-0.4, -0.2) is 36.2 Å². The van der Waals surface area contributed by atoms with Crippen LogP contribution in [0.1, 0.15) is 12.8 Å². The molecule has 1 amide bonds. The van der Waals surface area contributed by atoms with Gasteiger partial charge in [-0.3, -0.25) is 4.79 Å². The molecule has 0 radical (unpaired) electrons. The standard InChI is InChI=1S/C14H14FN3O3S2/c15-10-3-5-11(6-4-10)23(20,21)18-8-1-2-12(18)13(19)17-14-16-7-9-22-14/h3-7,9,12H,1-2,8H2,(H,16,17,19)/t12-/m1/s1. The molecule has 1 aromatic carbocycles. The molecule has 23 heavy (non-hydrogen) atoms. The van der Waals surface area contributed by atoms with Gasteiger partial charge in [0.05, 0.1) is 4.90 Å². The number of nitrogens with zero attached hydrogens (tertiary/aromatic N) is 2. The fraction of sp³-hybridized carbons (Fsp3) is 0.286. The highest BCUT2D eigenvalue weighted by Crippen LogP contribution is 2.27. The van der Waals surface area contributed by atoms with Crippen molar-refractivity contribution in [2.24, 2.45) is 0 Å². The van der Waals surface area contributed by atoms with Gasteiger partial charge in [-0.2, -0.15) is 4.31 Å². The molecule has 3 rings (SSSR count). The van der Waals surface area contributed by atoms with E-state index in [-0.39, 0.29) is 11.4 Å². The fourth-order valence-electron chi connectivity index (χ4n) is 2.51. The summed E-state index contributed by atoms with van der Waals surface area (Å²) in [6.45, 7) is 0.260. The third-order valence-electron chi connectivity index (χ3n) is 3.59. The van der Waals surface area contributed by atoms with Crippen LogP contribution in [0.2, 0.25) is 0 Å². The van der Waals surface area contributed by atoms with Crippen molar-refractivity contribution in [2.45, 2.75) is 23.8 Å². The van der Waals surface area contributed by atoms with Crippen molar-refractivity contribution >= 4 is 32.4 Å². The lowest BCUT2D eigenvalue weighted by Gasteiger charge is -2.23. The zero-order valence-corrected chi connectivity index (χ0v) is 13.6. The molecule has 2 aromatic rings. The number of nitrogens with one attached hydrogen (secondary N) is 1. The van der Waals surface area contributed by atoms with Crippen LogP contribution in [0.3, 0.4) is 0 Å². The van der Waals surface area contributed by atoms with Crippen molar-refractivity contribution in [2.75, 3.05) is 11.9 Å². The molecule has 1 N–H and O–H groups in total. The van der Waals surface area contributed by atoms with E-state index >= 15 is 0 Å². The summed E-state index contributed by atoms with van der Waals surface area (Å²) in [5.74, 6) is -0.911. The average molecular weight is 355 g/mol. The second-order valence-electron chi connectivity index (χ2n) is 5.05. The number of rotatable bonds is 4. The third kappa shape index (κ3) is 3.26. The first-order valence-electron chi connectivity index (χ1n) is 6.96. The number of hydrogen-bond acceptors (Lipinski definition) is 5. The van der Waals surface area contributed by atoms with E-state index in [1.165, 1.54) is 27.8 Å². The van der Waals surface area contributed by atoms with E-state index in [0.717, 1.165) is 12.1 Å². The second-order valence-corrected chi connectivity index (χ2v) is 7.84. The van der Waals surface area contributed by atoms with E-state index in [1.807, 2.05) is 0 Å².